The van der Waals surface area contributed by atoms with Crippen molar-refractivity contribution in [3.05, 3.63) is 42.9 Å². The van der Waals surface area contributed by atoms with Crippen LogP contribution in [0.1, 0.15) is 19.3 Å². The minimum Gasteiger partial charge on any atom is -0.393 e. The maximum atomic E-state index is 9.70. The Balaban J connectivity index is 1.44. The van der Waals surface area contributed by atoms with Crippen molar-refractivity contribution in [1.29, 1.82) is 0 Å². The molecule has 5 rings (SSSR count). The average Bonchev–Trinajstić information content (AvgIpc) is 3.42. The van der Waals surface area contributed by atoms with Crippen LogP contribution in [0.15, 0.2) is 42.9 Å². The van der Waals surface area contributed by atoms with Gasteiger partial charge in [0.15, 0.2) is 11.2 Å². The number of aliphatic hydroxyl groups excluding tert-OH is 1. The van der Waals surface area contributed by atoms with Gasteiger partial charge in [0.05, 0.1) is 24.2 Å². The number of aromatic nitrogens is 7. The summed E-state index contributed by atoms with van der Waals surface area (Å²) in [4.78, 5) is 8.93. The summed E-state index contributed by atoms with van der Waals surface area (Å²) >= 11 is 0. The third-order valence-electron chi connectivity index (χ3n) is 5.08. The van der Waals surface area contributed by atoms with E-state index >= 15 is 0 Å². The van der Waals surface area contributed by atoms with Crippen LogP contribution in [0, 0.1) is 0 Å². The molecule has 0 unspecified atom stereocenters. The molecule has 1 aliphatic rings. The molecule has 0 radical (unpaired) electrons. The second kappa shape index (κ2) is 6.68. The molecule has 1 aromatic carbocycles. The lowest BCUT2D eigenvalue weighted by atomic mass is 10.1. The third kappa shape index (κ3) is 3.09. The van der Waals surface area contributed by atoms with Crippen molar-refractivity contribution in [2.24, 2.45) is 7.05 Å². The molecule has 2 N–H and O–H groups in total. The van der Waals surface area contributed by atoms with E-state index in [0.717, 1.165) is 29.7 Å². The van der Waals surface area contributed by atoms with Crippen LogP contribution in [0.2, 0.25) is 0 Å². The molecular formula is C19H20N8O. The zero-order valence-corrected chi connectivity index (χ0v) is 15.4. The number of aryl methyl sites for hydroxylation is 1. The highest BCUT2D eigenvalue weighted by atomic mass is 16.3. The standard InChI is InChI=1S/C19H20N8O/c1-26-11-13(9-21-26)12-2-5-15(6-3-12)27-18-17(24-25-27)10-20-19(23-18)22-14-4-7-16(28)8-14/h2-3,5-6,9-11,14,16,28H,4,7-8H2,1H3,(H,20,22,23)/t14-,16-/m1/s1. The molecule has 9 nitrogen and oxygen atoms in total. The largest absolute Gasteiger partial charge is 0.393 e. The van der Waals surface area contributed by atoms with Gasteiger partial charge >= 0.3 is 0 Å². The number of nitrogens with zero attached hydrogens (tertiary/aromatic N) is 7. The van der Waals surface area contributed by atoms with Gasteiger partial charge in [0.2, 0.25) is 5.95 Å². The first-order valence-corrected chi connectivity index (χ1v) is 9.28. The highest BCUT2D eigenvalue weighted by molar-refractivity contribution is 5.72. The van der Waals surface area contributed by atoms with Gasteiger partial charge in [-0.3, -0.25) is 4.68 Å². The lowest BCUT2D eigenvalue weighted by Gasteiger charge is -2.11. The van der Waals surface area contributed by atoms with Crippen molar-refractivity contribution in [2.45, 2.75) is 31.4 Å². The van der Waals surface area contributed by atoms with Crippen LogP contribution in [0.3, 0.4) is 0 Å². The molecule has 142 valence electrons. The lowest BCUT2D eigenvalue weighted by molar-refractivity contribution is 0.182. The summed E-state index contributed by atoms with van der Waals surface area (Å²) in [5.41, 5.74) is 4.29. The smallest absolute Gasteiger partial charge is 0.225 e. The van der Waals surface area contributed by atoms with Crippen molar-refractivity contribution in [3.8, 4) is 16.8 Å². The van der Waals surface area contributed by atoms with E-state index in [4.69, 9.17) is 0 Å². The van der Waals surface area contributed by atoms with Crippen LogP contribution in [0.25, 0.3) is 28.0 Å². The summed E-state index contributed by atoms with van der Waals surface area (Å²) in [7, 11) is 1.90. The number of aliphatic hydroxyl groups is 1. The molecule has 3 heterocycles. The monoisotopic (exact) mass is 376 g/mol. The molecule has 3 aromatic heterocycles. The zero-order chi connectivity index (χ0) is 19.1. The molecule has 0 spiro atoms. The van der Waals surface area contributed by atoms with E-state index in [0.29, 0.717) is 23.5 Å². The minimum absolute atomic E-state index is 0.190. The molecule has 1 saturated carbocycles. The molecule has 1 aliphatic carbocycles. The van der Waals surface area contributed by atoms with Crippen molar-refractivity contribution >= 4 is 17.1 Å². The van der Waals surface area contributed by atoms with Crippen LogP contribution in [-0.4, -0.2) is 52.0 Å². The zero-order valence-electron chi connectivity index (χ0n) is 15.4. The van der Waals surface area contributed by atoms with Gasteiger partial charge < -0.3 is 10.4 Å². The van der Waals surface area contributed by atoms with E-state index in [1.807, 2.05) is 43.7 Å². The van der Waals surface area contributed by atoms with E-state index < -0.39 is 0 Å². The first-order chi connectivity index (χ1) is 13.7. The molecule has 4 aromatic rings. The van der Waals surface area contributed by atoms with Crippen molar-refractivity contribution in [2.75, 3.05) is 5.32 Å². The molecule has 9 heteroatoms. The Kier molecular flexibility index (Phi) is 4.01. The van der Waals surface area contributed by atoms with Gasteiger partial charge in [-0.25, -0.2) is 4.98 Å². The summed E-state index contributed by atoms with van der Waals surface area (Å²) in [6.07, 6.45) is 7.68. The molecule has 28 heavy (non-hydrogen) atoms. The quantitative estimate of drug-likeness (QED) is 0.560. The molecular weight excluding hydrogens is 356 g/mol. The topological polar surface area (TPSA) is 107 Å². The Morgan fingerprint density at radius 3 is 2.68 bits per heavy atom. The van der Waals surface area contributed by atoms with Gasteiger partial charge in [0.25, 0.3) is 0 Å². The highest BCUT2D eigenvalue weighted by Gasteiger charge is 2.23. The first-order valence-electron chi connectivity index (χ1n) is 9.28. The van der Waals surface area contributed by atoms with E-state index in [2.05, 4.69) is 30.7 Å². The third-order valence-corrected chi connectivity index (χ3v) is 5.08. The fourth-order valence-electron chi connectivity index (χ4n) is 3.61. The number of anilines is 1. The van der Waals surface area contributed by atoms with Crippen LogP contribution >= 0.6 is 0 Å². The molecule has 2 atom stereocenters. The fourth-order valence-corrected chi connectivity index (χ4v) is 3.61. The second-order valence-corrected chi connectivity index (χ2v) is 7.16. The predicted octanol–water partition coefficient (Wildman–Crippen LogP) is 1.94. The van der Waals surface area contributed by atoms with E-state index in [1.165, 1.54) is 0 Å². The summed E-state index contributed by atoms with van der Waals surface area (Å²) in [6.45, 7) is 0. The van der Waals surface area contributed by atoms with Gasteiger partial charge in [-0.1, -0.05) is 17.3 Å². The van der Waals surface area contributed by atoms with Crippen LogP contribution in [0.4, 0.5) is 5.95 Å². The maximum Gasteiger partial charge on any atom is 0.225 e. The Hall–Kier alpha value is -3.33. The number of fused-ring (bicyclic) bond motifs is 1. The van der Waals surface area contributed by atoms with Crippen molar-refractivity contribution in [3.63, 3.8) is 0 Å². The van der Waals surface area contributed by atoms with Crippen molar-refractivity contribution < 1.29 is 5.11 Å². The number of hydrogen-bond donors (Lipinski definition) is 2. The summed E-state index contributed by atoms with van der Waals surface area (Å²) in [5, 5.41) is 25.6. The number of benzene rings is 1. The summed E-state index contributed by atoms with van der Waals surface area (Å²) in [6, 6.07) is 8.22. The summed E-state index contributed by atoms with van der Waals surface area (Å²) < 4.78 is 3.49. The number of nitrogens with one attached hydrogen (secondary N) is 1. The van der Waals surface area contributed by atoms with Crippen LogP contribution in [0.5, 0.6) is 0 Å². The predicted molar refractivity (Wildman–Crippen MR) is 104 cm³/mol. The lowest BCUT2D eigenvalue weighted by Crippen LogP contribution is -2.18. The van der Waals surface area contributed by atoms with E-state index in [9.17, 15) is 5.11 Å². The fraction of sp³-hybridized carbons (Fsp3) is 0.316. The SMILES string of the molecule is Cn1cc(-c2ccc(-n3nnc4cnc(N[C@@H]5CC[C@@H](O)C5)nc43)cc2)cn1. The Bertz CT molecular complexity index is 1120. The van der Waals surface area contributed by atoms with Crippen LogP contribution in [-0.2, 0) is 7.05 Å². The second-order valence-electron chi connectivity index (χ2n) is 7.16. The Morgan fingerprint density at radius 1 is 1.11 bits per heavy atom. The van der Waals surface area contributed by atoms with Gasteiger partial charge in [-0.05, 0) is 37.0 Å². The molecule has 0 aliphatic heterocycles. The summed E-state index contributed by atoms with van der Waals surface area (Å²) in [5.74, 6) is 0.530. The molecule has 0 bridgehead atoms. The maximum absolute atomic E-state index is 9.70. The van der Waals surface area contributed by atoms with E-state index in [-0.39, 0.29) is 12.1 Å². The molecule has 0 saturated heterocycles. The van der Waals surface area contributed by atoms with Gasteiger partial charge in [0, 0.05) is 24.8 Å². The average molecular weight is 376 g/mol. The highest BCUT2D eigenvalue weighted by Crippen LogP contribution is 2.24. The van der Waals surface area contributed by atoms with Gasteiger partial charge in [0.1, 0.15) is 0 Å². The Morgan fingerprint density at radius 2 is 1.96 bits per heavy atom. The minimum atomic E-state index is -0.244. The van der Waals surface area contributed by atoms with Crippen molar-refractivity contribution in [1.82, 2.24) is 34.7 Å². The van der Waals surface area contributed by atoms with Gasteiger partial charge in [-0.15, -0.1) is 5.10 Å². The number of rotatable bonds is 4. The first kappa shape index (κ1) is 16.8. The number of hydrogen-bond acceptors (Lipinski definition) is 7. The van der Waals surface area contributed by atoms with Gasteiger partial charge in [-0.2, -0.15) is 14.8 Å². The normalized spacial score (nSPS) is 19.4. The van der Waals surface area contributed by atoms with E-state index in [1.54, 1.807) is 15.6 Å². The molecule has 0 amide bonds. The molecule has 1 fully saturated rings. The Labute approximate surface area is 161 Å². The van der Waals surface area contributed by atoms with Crippen LogP contribution < -0.4 is 5.32 Å².